The van der Waals surface area contributed by atoms with Gasteiger partial charge in [-0.1, -0.05) is 12.1 Å². The number of hydrogen-bond acceptors (Lipinski definition) is 7. The van der Waals surface area contributed by atoms with Gasteiger partial charge in [0.05, 0.1) is 56.5 Å². The largest absolute Gasteiger partial charge is 0.491 e. The average Bonchev–Trinajstić information content (AvgIpc) is 3.16. The van der Waals surface area contributed by atoms with Crippen LogP contribution in [0.15, 0.2) is 42.5 Å². The van der Waals surface area contributed by atoms with Crippen LogP contribution >= 0.6 is 11.3 Å². The van der Waals surface area contributed by atoms with E-state index < -0.39 is 0 Å². The van der Waals surface area contributed by atoms with Crippen molar-refractivity contribution in [2.75, 3.05) is 52.9 Å². The molecule has 0 unspecified atom stereocenters. The lowest BCUT2D eigenvalue weighted by molar-refractivity contribution is 0.00360. The Kier molecular flexibility index (Phi) is 8.79. The van der Waals surface area contributed by atoms with E-state index in [1.54, 1.807) is 12.1 Å². The standard InChI is InChI=1S/C21H24FNO5S/c22-18-15-16(28-14-13-27-12-11-26-10-9-25-8-7-24)5-6-17(18)21-23-19-3-1-2-4-20(19)29-21/h1-6,15,24H,7-14H2. The van der Waals surface area contributed by atoms with Gasteiger partial charge in [0, 0.05) is 11.6 Å². The Morgan fingerprint density at radius 2 is 1.55 bits per heavy atom. The molecule has 0 radical (unpaired) electrons. The molecule has 0 fully saturated rings. The normalized spacial score (nSPS) is 11.2. The Hall–Kier alpha value is -2.10. The van der Waals surface area contributed by atoms with E-state index in [4.69, 9.17) is 24.1 Å². The Morgan fingerprint density at radius 1 is 0.862 bits per heavy atom. The summed E-state index contributed by atoms with van der Waals surface area (Å²) in [5, 5.41) is 9.21. The van der Waals surface area contributed by atoms with Crippen molar-refractivity contribution in [3.63, 3.8) is 0 Å². The van der Waals surface area contributed by atoms with Crippen molar-refractivity contribution in [3.8, 4) is 16.3 Å². The molecule has 1 N–H and O–H groups in total. The molecule has 0 saturated heterocycles. The van der Waals surface area contributed by atoms with Crippen LogP contribution in [0.25, 0.3) is 20.8 Å². The molecule has 0 aliphatic heterocycles. The molecule has 0 saturated carbocycles. The Bertz CT molecular complexity index is 855. The monoisotopic (exact) mass is 421 g/mol. The van der Waals surface area contributed by atoms with Crippen molar-refractivity contribution in [2.24, 2.45) is 0 Å². The number of aromatic nitrogens is 1. The third kappa shape index (κ3) is 6.73. The number of hydrogen-bond donors (Lipinski definition) is 1. The second-order valence-corrected chi connectivity index (χ2v) is 7.07. The van der Waals surface area contributed by atoms with Gasteiger partial charge in [0.2, 0.25) is 0 Å². The summed E-state index contributed by atoms with van der Waals surface area (Å²) in [7, 11) is 0. The summed E-state index contributed by atoms with van der Waals surface area (Å²) >= 11 is 1.46. The molecule has 0 aliphatic carbocycles. The number of halogens is 1. The molecule has 6 nitrogen and oxygen atoms in total. The average molecular weight is 421 g/mol. The van der Waals surface area contributed by atoms with Gasteiger partial charge in [-0.15, -0.1) is 11.3 Å². The molecule has 0 atom stereocenters. The maximum Gasteiger partial charge on any atom is 0.137 e. The number of fused-ring (bicyclic) bond motifs is 1. The summed E-state index contributed by atoms with van der Waals surface area (Å²) in [6.07, 6.45) is 0. The van der Waals surface area contributed by atoms with E-state index in [2.05, 4.69) is 4.98 Å². The zero-order chi connectivity index (χ0) is 20.3. The van der Waals surface area contributed by atoms with E-state index in [9.17, 15) is 4.39 Å². The smallest absolute Gasteiger partial charge is 0.137 e. The van der Waals surface area contributed by atoms with E-state index in [1.807, 2.05) is 24.3 Å². The van der Waals surface area contributed by atoms with Gasteiger partial charge in [-0.25, -0.2) is 9.37 Å². The topological polar surface area (TPSA) is 70.0 Å². The third-order valence-corrected chi connectivity index (χ3v) is 5.01. The SMILES string of the molecule is OCCOCCOCCOCCOc1ccc(-c2nc3ccccc3s2)c(F)c1. The van der Waals surface area contributed by atoms with E-state index >= 15 is 0 Å². The Labute approximate surface area is 172 Å². The number of ether oxygens (including phenoxy) is 4. The van der Waals surface area contributed by atoms with Crippen molar-refractivity contribution in [2.45, 2.75) is 0 Å². The van der Waals surface area contributed by atoms with E-state index in [0.29, 0.717) is 62.6 Å². The molecule has 29 heavy (non-hydrogen) atoms. The maximum atomic E-state index is 14.5. The summed E-state index contributed by atoms with van der Waals surface area (Å²) in [5.41, 5.74) is 1.33. The van der Waals surface area contributed by atoms with Crippen LogP contribution in [0.5, 0.6) is 5.75 Å². The quantitative estimate of drug-likeness (QED) is 0.426. The number of para-hydroxylation sites is 1. The second kappa shape index (κ2) is 11.8. The molecule has 156 valence electrons. The molecule has 3 rings (SSSR count). The molecule has 2 aromatic carbocycles. The minimum absolute atomic E-state index is 0.0116. The lowest BCUT2D eigenvalue weighted by atomic mass is 10.2. The molecular weight excluding hydrogens is 397 g/mol. The van der Waals surface area contributed by atoms with Crippen LogP contribution in [0.4, 0.5) is 4.39 Å². The van der Waals surface area contributed by atoms with Gasteiger partial charge in [-0.05, 0) is 24.3 Å². The van der Waals surface area contributed by atoms with Gasteiger partial charge < -0.3 is 24.1 Å². The lowest BCUT2D eigenvalue weighted by Gasteiger charge is -2.09. The molecular formula is C21H24FNO5S. The number of nitrogens with zero attached hydrogens (tertiary/aromatic N) is 1. The predicted molar refractivity (Wildman–Crippen MR) is 110 cm³/mol. The van der Waals surface area contributed by atoms with E-state index in [-0.39, 0.29) is 12.4 Å². The van der Waals surface area contributed by atoms with Crippen LogP contribution in [0.2, 0.25) is 0 Å². The van der Waals surface area contributed by atoms with Crippen LogP contribution in [0.1, 0.15) is 0 Å². The maximum absolute atomic E-state index is 14.5. The molecule has 0 bridgehead atoms. The van der Waals surface area contributed by atoms with E-state index in [0.717, 1.165) is 10.2 Å². The highest BCUT2D eigenvalue weighted by Crippen LogP contribution is 2.32. The summed E-state index contributed by atoms with van der Waals surface area (Å²) in [6.45, 7) is 2.83. The minimum atomic E-state index is -0.362. The van der Waals surface area contributed by atoms with Crippen molar-refractivity contribution >= 4 is 21.6 Å². The Balaban J connectivity index is 1.36. The summed E-state index contributed by atoms with van der Waals surface area (Å²) in [4.78, 5) is 4.49. The third-order valence-electron chi connectivity index (χ3n) is 3.94. The highest BCUT2D eigenvalue weighted by atomic mass is 32.1. The molecule has 1 aromatic heterocycles. The Morgan fingerprint density at radius 3 is 2.24 bits per heavy atom. The predicted octanol–water partition coefficient (Wildman–Crippen LogP) is 3.52. The van der Waals surface area contributed by atoms with Crippen LogP contribution in [0.3, 0.4) is 0 Å². The molecule has 0 amide bonds. The minimum Gasteiger partial charge on any atom is -0.491 e. The van der Waals surface area contributed by atoms with Gasteiger partial charge in [0.1, 0.15) is 23.2 Å². The fraction of sp³-hybridized carbons (Fsp3) is 0.381. The number of thiazole rings is 1. The van der Waals surface area contributed by atoms with Crippen LogP contribution in [-0.4, -0.2) is 62.9 Å². The van der Waals surface area contributed by atoms with E-state index in [1.165, 1.54) is 17.4 Å². The number of benzene rings is 2. The molecule has 0 spiro atoms. The summed E-state index contributed by atoms with van der Waals surface area (Å²) in [5.74, 6) is 0.0903. The van der Waals surface area contributed by atoms with Gasteiger partial charge in [0.15, 0.2) is 0 Å². The number of aliphatic hydroxyl groups is 1. The van der Waals surface area contributed by atoms with Crippen molar-refractivity contribution in [1.82, 2.24) is 4.98 Å². The zero-order valence-electron chi connectivity index (χ0n) is 16.0. The van der Waals surface area contributed by atoms with Crippen molar-refractivity contribution < 1.29 is 28.4 Å². The first-order valence-electron chi connectivity index (χ1n) is 9.40. The van der Waals surface area contributed by atoms with Gasteiger partial charge >= 0.3 is 0 Å². The fourth-order valence-electron chi connectivity index (χ4n) is 2.57. The van der Waals surface area contributed by atoms with Gasteiger partial charge in [-0.3, -0.25) is 0 Å². The highest BCUT2D eigenvalue weighted by molar-refractivity contribution is 7.21. The molecule has 1 heterocycles. The molecule has 3 aromatic rings. The summed E-state index contributed by atoms with van der Waals surface area (Å²) < 4.78 is 36.9. The highest BCUT2D eigenvalue weighted by Gasteiger charge is 2.11. The molecule has 8 heteroatoms. The zero-order valence-corrected chi connectivity index (χ0v) is 16.8. The molecule has 0 aliphatic rings. The lowest BCUT2D eigenvalue weighted by Crippen LogP contribution is -2.13. The first-order valence-corrected chi connectivity index (χ1v) is 10.2. The number of aliphatic hydroxyl groups excluding tert-OH is 1. The first kappa shape index (κ1) is 21.6. The second-order valence-electron chi connectivity index (χ2n) is 6.04. The first-order chi connectivity index (χ1) is 14.3. The fourth-order valence-corrected chi connectivity index (χ4v) is 3.56. The van der Waals surface area contributed by atoms with Crippen LogP contribution in [0, 0.1) is 5.82 Å². The van der Waals surface area contributed by atoms with Gasteiger partial charge in [0.25, 0.3) is 0 Å². The van der Waals surface area contributed by atoms with Crippen LogP contribution in [-0.2, 0) is 14.2 Å². The van der Waals surface area contributed by atoms with Gasteiger partial charge in [-0.2, -0.15) is 0 Å². The van der Waals surface area contributed by atoms with Crippen molar-refractivity contribution in [3.05, 3.63) is 48.3 Å². The van der Waals surface area contributed by atoms with Crippen molar-refractivity contribution in [1.29, 1.82) is 0 Å². The number of rotatable bonds is 13. The summed E-state index contributed by atoms with van der Waals surface area (Å²) in [6, 6.07) is 12.6. The van der Waals surface area contributed by atoms with Crippen LogP contribution < -0.4 is 4.74 Å².